The second-order valence-electron chi connectivity index (χ2n) is 2.68. The molecule has 1 rings (SSSR count). The zero-order valence-electron chi connectivity index (χ0n) is 8.07. The Kier molecular flexibility index (Phi) is 4.44. The number of ether oxygens (including phenoxy) is 1. The summed E-state index contributed by atoms with van der Waals surface area (Å²) in [6.45, 7) is 0.978. The molecular weight excluding hydrogens is 266 g/mol. The maximum Gasteiger partial charge on any atom is 0.330 e. The molecular formula is C8H10BrN3O3. The van der Waals surface area contributed by atoms with Crippen LogP contribution in [-0.4, -0.2) is 30.1 Å². The van der Waals surface area contributed by atoms with Gasteiger partial charge in [-0.2, -0.15) is 0 Å². The summed E-state index contributed by atoms with van der Waals surface area (Å²) in [5.41, 5.74) is -0.138. The van der Waals surface area contributed by atoms with Gasteiger partial charge in [-0.3, -0.25) is 15.1 Å². The van der Waals surface area contributed by atoms with Crippen molar-refractivity contribution in [3.8, 4) is 5.75 Å². The Morgan fingerprint density at radius 2 is 2.40 bits per heavy atom. The minimum atomic E-state index is -0.521. The average molecular weight is 276 g/mol. The van der Waals surface area contributed by atoms with Gasteiger partial charge in [0, 0.05) is 12.7 Å². The van der Waals surface area contributed by atoms with Crippen LogP contribution in [-0.2, 0) is 0 Å². The number of hydrogen-bond donors (Lipinski definition) is 1. The van der Waals surface area contributed by atoms with Gasteiger partial charge in [-0.1, -0.05) is 0 Å². The third kappa shape index (κ3) is 3.14. The molecule has 82 valence electrons. The molecule has 6 nitrogen and oxygen atoms in total. The standard InChI is InChI=1S/C8H10BrN3O3/c1-10-2-3-15-8-6(9)4-11-5-7(8)12(13)14/h4-5,10H,2-3H2,1H3. The molecule has 15 heavy (non-hydrogen) atoms. The van der Waals surface area contributed by atoms with Crippen molar-refractivity contribution >= 4 is 21.6 Å². The van der Waals surface area contributed by atoms with Gasteiger partial charge < -0.3 is 10.1 Å². The number of nitrogens with one attached hydrogen (secondary N) is 1. The number of rotatable bonds is 5. The Morgan fingerprint density at radius 3 is 3.00 bits per heavy atom. The summed E-state index contributed by atoms with van der Waals surface area (Å²) in [6, 6.07) is 0. The minimum absolute atomic E-state index is 0.138. The van der Waals surface area contributed by atoms with Gasteiger partial charge in [-0.25, -0.2) is 0 Å². The van der Waals surface area contributed by atoms with Gasteiger partial charge in [0.25, 0.3) is 0 Å². The Labute approximate surface area is 94.9 Å². The molecule has 0 aliphatic heterocycles. The number of halogens is 1. The van der Waals surface area contributed by atoms with Crippen LogP contribution in [0.1, 0.15) is 0 Å². The molecule has 0 bridgehead atoms. The van der Waals surface area contributed by atoms with Gasteiger partial charge in [-0.05, 0) is 23.0 Å². The molecule has 0 saturated carbocycles. The number of hydrogen-bond acceptors (Lipinski definition) is 5. The molecule has 1 aromatic heterocycles. The highest BCUT2D eigenvalue weighted by atomic mass is 79.9. The lowest BCUT2D eigenvalue weighted by Gasteiger charge is -2.07. The lowest BCUT2D eigenvalue weighted by Crippen LogP contribution is -2.16. The second kappa shape index (κ2) is 5.62. The fraction of sp³-hybridized carbons (Fsp3) is 0.375. The fourth-order valence-corrected chi connectivity index (χ4v) is 1.38. The van der Waals surface area contributed by atoms with E-state index in [1.807, 2.05) is 0 Å². The maximum atomic E-state index is 10.7. The van der Waals surface area contributed by atoms with Crippen molar-refractivity contribution in [2.24, 2.45) is 0 Å². The second-order valence-corrected chi connectivity index (χ2v) is 3.53. The zero-order valence-corrected chi connectivity index (χ0v) is 9.65. The van der Waals surface area contributed by atoms with Crippen molar-refractivity contribution in [1.29, 1.82) is 0 Å². The molecule has 0 saturated heterocycles. The molecule has 1 heterocycles. The molecule has 7 heteroatoms. The van der Waals surface area contributed by atoms with Crippen molar-refractivity contribution in [1.82, 2.24) is 10.3 Å². The molecule has 0 aliphatic rings. The predicted octanol–water partition coefficient (Wildman–Crippen LogP) is 1.35. The molecule has 1 N–H and O–H groups in total. The van der Waals surface area contributed by atoms with Crippen LogP contribution in [0.2, 0.25) is 0 Å². The molecule has 0 unspecified atom stereocenters. The van der Waals surface area contributed by atoms with E-state index < -0.39 is 4.92 Å². The van der Waals surface area contributed by atoms with Crippen LogP contribution < -0.4 is 10.1 Å². The summed E-state index contributed by atoms with van der Waals surface area (Å²) in [4.78, 5) is 13.8. The number of likely N-dealkylation sites (N-methyl/N-ethyl adjacent to an activating group) is 1. The van der Waals surface area contributed by atoms with Gasteiger partial charge >= 0.3 is 5.69 Å². The van der Waals surface area contributed by atoms with Crippen molar-refractivity contribution in [3.63, 3.8) is 0 Å². The first-order valence-electron chi connectivity index (χ1n) is 4.22. The van der Waals surface area contributed by atoms with E-state index in [1.54, 1.807) is 7.05 Å². The first kappa shape index (κ1) is 11.9. The Balaban J connectivity index is 2.87. The SMILES string of the molecule is CNCCOc1c(Br)cncc1[N+](=O)[O-]. The largest absolute Gasteiger partial charge is 0.485 e. The van der Waals surface area contributed by atoms with E-state index in [9.17, 15) is 10.1 Å². The third-order valence-corrected chi connectivity index (χ3v) is 2.19. The van der Waals surface area contributed by atoms with Crippen molar-refractivity contribution in [2.75, 3.05) is 20.2 Å². The quantitative estimate of drug-likeness (QED) is 0.499. The maximum absolute atomic E-state index is 10.7. The molecule has 0 amide bonds. The summed E-state index contributed by atoms with van der Waals surface area (Å²) in [7, 11) is 1.78. The van der Waals surface area contributed by atoms with Crippen molar-refractivity contribution < 1.29 is 9.66 Å². The third-order valence-electron chi connectivity index (χ3n) is 1.63. The van der Waals surface area contributed by atoms with Crippen LogP contribution in [0.4, 0.5) is 5.69 Å². The summed E-state index contributed by atoms with van der Waals surface area (Å²) < 4.78 is 5.76. The zero-order chi connectivity index (χ0) is 11.3. The van der Waals surface area contributed by atoms with E-state index in [2.05, 4.69) is 26.2 Å². The van der Waals surface area contributed by atoms with E-state index in [0.29, 0.717) is 17.6 Å². The smallest absolute Gasteiger partial charge is 0.330 e. The van der Waals surface area contributed by atoms with E-state index in [4.69, 9.17) is 4.74 Å². The van der Waals surface area contributed by atoms with Gasteiger partial charge in [0.1, 0.15) is 12.8 Å². The van der Waals surface area contributed by atoms with Crippen LogP contribution in [0.5, 0.6) is 5.75 Å². The Morgan fingerprint density at radius 1 is 1.67 bits per heavy atom. The lowest BCUT2D eigenvalue weighted by molar-refractivity contribution is -0.386. The normalized spacial score (nSPS) is 10.0. The highest BCUT2D eigenvalue weighted by molar-refractivity contribution is 9.10. The number of nitro groups is 1. The van der Waals surface area contributed by atoms with Crippen LogP contribution >= 0.6 is 15.9 Å². The molecule has 0 radical (unpaired) electrons. The Bertz CT molecular complexity index is 359. The van der Waals surface area contributed by atoms with Gasteiger partial charge in [0.05, 0.1) is 9.40 Å². The number of nitrogens with zero attached hydrogens (tertiary/aromatic N) is 2. The summed E-state index contributed by atoms with van der Waals surface area (Å²) in [6.07, 6.45) is 2.63. The van der Waals surface area contributed by atoms with Crippen molar-refractivity contribution in [3.05, 3.63) is 27.0 Å². The van der Waals surface area contributed by atoms with E-state index in [-0.39, 0.29) is 11.4 Å². The topological polar surface area (TPSA) is 77.3 Å². The summed E-state index contributed by atoms with van der Waals surface area (Å²) >= 11 is 3.16. The van der Waals surface area contributed by atoms with E-state index >= 15 is 0 Å². The first-order chi connectivity index (χ1) is 7.16. The van der Waals surface area contributed by atoms with Gasteiger partial charge in [0.15, 0.2) is 0 Å². The molecule has 0 aromatic carbocycles. The minimum Gasteiger partial charge on any atom is -0.485 e. The van der Waals surface area contributed by atoms with E-state index in [0.717, 1.165) is 0 Å². The average Bonchev–Trinajstić information content (AvgIpc) is 2.20. The van der Waals surface area contributed by atoms with Crippen LogP contribution in [0.3, 0.4) is 0 Å². The van der Waals surface area contributed by atoms with Gasteiger partial charge in [0.2, 0.25) is 5.75 Å². The summed E-state index contributed by atoms with van der Waals surface area (Å²) in [5, 5.41) is 13.5. The highest BCUT2D eigenvalue weighted by Gasteiger charge is 2.18. The predicted molar refractivity (Wildman–Crippen MR) is 58.0 cm³/mol. The first-order valence-corrected chi connectivity index (χ1v) is 5.01. The van der Waals surface area contributed by atoms with Crippen LogP contribution in [0.25, 0.3) is 0 Å². The van der Waals surface area contributed by atoms with Crippen LogP contribution in [0.15, 0.2) is 16.9 Å². The van der Waals surface area contributed by atoms with Crippen LogP contribution in [0, 0.1) is 10.1 Å². The number of pyridine rings is 1. The van der Waals surface area contributed by atoms with Gasteiger partial charge in [-0.15, -0.1) is 0 Å². The molecule has 0 fully saturated rings. The fourth-order valence-electron chi connectivity index (χ4n) is 0.941. The summed E-state index contributed by atoms with van der Waals surface area (Å²) in [5.74, 6) is 0.213. The number of aromatic nitrogens is 1. The van der Waals surface area contributed by atoms with E-state index in [1.165, 1.54) is 12.4 Å². The van der Waals surface area contributed by atoms with Crippen molar-refractivity contribution in [2.45, 2.75) is 0 Å². The molecule has 0 atom stereocenters. The lowest BCUT2D eigenvalue weighted by atomic mass is 10.4. The highest BCUT2D eigenvalue weighted by Crippen LogP contribution is 2.33. The Hall–Kier alpha value is -1.21. The molecule has 1 aromatic rings. The monoisotopic (exact) mass is 275 g/mol. The molecule has 0 aliphatic carbocycles. The molecule has 0 spiro atoms.